The number of aromatic nitrogens is 1. The molecule has 1 amide bonds. The van der Waals surface area contributed by atoms with Gasteiger partial charge in [0, 0.05) is 13.1 Å². The molecular formula is C19H24N2O5S. The van der Waals surface area contributed by atoms with Crippen molar-refractivity contribution in [2.45, 2.75) is 39.3 Å². The third-order valence-corrected chi connectivity index (χ3v) is 6.74. The Kier molecular flexibility index (Phi) is 5.55. The SMILES string of the molecule is Cc1noc(C)c1COc1ccc(CC(=O)N(C)C2CCS(=O)(=O)C2)cc1. The zero-order chi connectivity index (χ0) is 19.6. The molecule has 8 heteroatoms. The van der Waals surface area contributed by atoms with Crippen LogP contribution in [-0.2, 0) is 27.7 Å². The fraction of sp³-hybridized carbons (Fsp3) is 0.474. The molecule has 146 valence electrons. The average molecular weight is 392 g/mol. The molecule has 1 aromatic carbocycles. The Bertz CT molecular complexity index is 899. The lowest BCUT2D eigenvalue weighted by Gasteiger charge is -2.23. The Labute approximate surface area is 159 Å². The summed E-state index contributed by atoms with van der Waals surface area (Å²) in [5.74, 6) is 1.57. The molecule has 1 atom stereocenters. The number of nitrogens with zero attached hydrogens (tertiary/aromatic N) is 2. The Morgan fingerprint density at radius 1 is 1.30 bits per heavy atom. The van der Waals surface area contributed by atoms with Gasteiger partial charge in [0.25, 0.3) is 0 Å². The average Bonchev–Trinajstić information content (AvgIpc) is 3.15. The van der Waals surface area contributed by atoms with Gasteiger partial charge in [-0.2, -0.15) is 0 Å². The van der Waals surface area contributed by atoms with Crippen LogP contribution in [-0.4, -0.2) is 49.0 Å². The molecule has 7 nitrogen and oxygen atoms in total. The van der Waals surface area contributed by atoms with Gasteiger partial charge in [0.05, 0.1) is 29.2 Å². The molecule has 1 aliphatic rings. The van der Waals surface area contributed by atoms with E-state index in [9.17, 15) is 13.2 Å². The van der Waals surface area contributed by atoms with E-state index >= 15 is 0 Å². The molecule has 1 fully saturated rings. The van der Waals surface area contributed by atoms with E-state index in [1.165, 1.54) is 0 Å². The summed E-state index contributed by atoms with van der Waals surface area (Å²) >= 11 is 0. The van der Waals surface area contributed by atoms with Crippen LogP contribution in [0.5, 0.6) is 5.75 Å². The molecule has 1 aliphatic heterocycles. The zero-order valence-electron chi connectivity index (χ0n) is 15.8. The summed E-state index contributed by atoms with van der Waals surface area (Å²) in [4.78, 5) is 14.0. The number of hydrogen-bond donors (Lipinski definition) is 0. The van der Waals surface area contributed by atoms with E-state index in [2.05, 4.69) is 5.16 Å². The third kappa shape index (κ3) is 4.68. The third-order valence-electron chi connectivity index (χ3n) is 4.99. The number of carbonyl (C=O) groups excluding carboxylic acids is 1. The van der Waals surface area contributed by atoms with Gasteiger partial charge in [-0.05, 0) is 38.0 Å². The van der Waals surface area contributed by atoms with Crippen molar-refractivity contribution in [1.29, 1.82) is 0 Å². The number of amides is 1. The topological polar surface area (TPSA) is 89.7 Å². The minimum absolute atomic E-state index is 0.0592. The van der Waals surface area contributed by atoms with Gasteiger partial charge in [0.15, 0.2) is 9.84 Å². The summed E-state index contributed by atoms with van der Waals surface area (Å²) in [6.45, 7) is 4.09. The lowest BCUT2D eigenvalue weighted by molar-refractivity contribution is -0.130. The largest absolute Gasteiger partial charge is 0.489 e. The molecule has 3 rings (SSSR count). The first-order chi connectivity index (χ1) is 12.7. The van der Waals surface area contributed by atoms with Crippen molar-refractivity contribution in [3.63, 3.8) is 0 Å². The lowest BCUT2D eigenvalue weighted by Crippen LogP contribution is -2.38. The Morgan fingerprint density at radius 2 is 2.00 bits per heavy atom. The van der Waals surface area contributed by atoms with Crippen LogP contribution in [0.1, 0.15) is 29.0 Å². The van der Waals surface area contributed by atoms with Crippen LogP contribution in [0, 0.1) is 13.8 Å². The van der Waals surface area contributed by atoms with Crippen LogP contribution in [0.2, 0.25) is 0 Å². The predicted molar refractivity (Wildman–Crippen MR) is 100 cm³/mol. The Morgan fingerprint density at radius 3 is 2.56 bits per heavy atom. The van der Waals surface area contributed by atoms with Gasteiger partial charge in [-0.15, -0.1) is 0 Å². The van der Waals surface area contributed by atoms with Gasteiger partial charge in [0.1, 0.15) is 18.1 Å². The summed E-state index contributed by atoms with van der Waals surface area (Å²) in [7, 11) is -1.33. The van der Waals surface area contributed by atoms with E-state index in [0.29, 0.717) is 18.8 Å². The quantitative estimate of drug-likeness (QED) is 0.747. The highest BCUT2D eigenvalue weighted by Gasteiger charge is 2.32. The van der Waals surface area contributed by atoms with Gasteiger partial charge in [0.2, 0.25) is 5.91 Å². The molecule has 0 aliphatic carbocycles. The normalized spacial score (nSPS) is 18.4. The van der Waals surface area contributed by atoms with E-state index in [1.807, 2.05) is 38.1 Å². The van der Waals surface area contributed by atoms with Gasteiger partial charge < -0.3 is 14.2 Å². The second-order valence-corrected chi connectivity index (χ2v) is 9.20. The molecule has 1 unspecified atom stereocenters. The van der Waals surface area contributed by atoms with E-state index in [0.717, 1.165) is 22.6 Å². The molecule has 0 spiro atoms. The number of carbonyl (C=O) groups is 1. The molecule has 27 heavy (non-hydrogen) atoms. The number of rotatable bonds is 6. The summed E-state index contributed by atoms with van der Waals surface area (Å²) in [5.41, 5.74) is 2.60. The first-order valence-electron chi connectivity index (χ1n) is 8.85. The van der Waals surface area contributed by atoms with E-state index in [-0.39, 0.29) is 29.9 Å². The molecule has 0 radical (unpaired) electrons. The number of aryl methyl sites for hydroxylation is 2. The lowest BCUT2D eigenvalue weighted by atomic mass is 10.1. The highest BCUT2D eigenvalue weighted by molar-refractivity contribution is 7.91. The minimum Gasteiger partial charge on any atom is -0.489 e. The van der Waals surface area contributed by atoms with Crippen molar-refractivity contribution in [2.24, 2.45) is 0 Å². The van der Waals surface area contributed by atoms with Crippen molar-refractivity contribution in [3.05, 3.63) is 46.8 Å². The smallest absolute Gasteiger partial charge is 0.227 e. The van der Waals surface area contributed by atoms with Crippen LogP contribution < -0.4 is 4.74 Å². The van der Waals surface area contributed by atoms with Crippen LogP contribution in [0.3, 0.4) is 0 Å². The van der Waals surface area contributed by atoms with E-state index < -0.39 is 9.84 Å². The summed E-state index contributed by atoms with van der Waals surface area (Å²) < 4.78 is 34.1. The number of benzene rings is 1. The summed E-state index contributed by atoms with van der Waals surface area (Å²) in [5, 5.41) is 3.90. The van der Waals surface area contributed by atoms with Crippen LogP contribution in [0.15, 0.2) is 28.8 Å². The maximum Gasteiger partial charge on any atom is 0.227 e. The van der Waals surface area contributed by atoms with Crippen LogP contribution in [0.25, 0.3) is 0 Å². The Balaban J connectivity index is 1.55. The van der Waals surface area contributed by atoms with Gasteiger partial charge in [-0.1, -0.05) is 17.3 Å². The van der Waals surface area contributed by atoms with Crippen molar-refractivity contribution >= 4 is 15.7 Å². The summed E-state index contributed by atoms with van der Waals surface area (Å²) in [6, 6.07) is 7.11. The van der Waals surface area contributed by atoms with Crippen molar-refractivity contribution in [1.82, 2.24) is 10.1 Å². The minimum atomic E-state index is -3.01. The predicted octanol–water partition coefficient (Wildman–Crippen LogP) is 2.06. The second kappa shape index (κ2) is 7.72. The number of likely N-dealkylation sites (N-methyl/N-ethyl adjacent to an activating group) is 1. The maximum absolute atomic E-state index is 12.4. The molecule has 1 saturated heterocycles. The molecule has 0 N–H and O–H groups in total. The number of ether oxygens (including phenoxy) is 1. The van der Waals surface area contributed by atoms with Gasteiger partial charge >= 0.3 is 0 Å². The first kappa shape index (κ1) is 19.4. The zero-order valence-corrected chi connectivity index (χ0v) is 16.6. The molecule has 0 bridgehead atoms. The first-order valence-corrected chi connectivity index (χ1v) is 10.7. The Hall–Kier alpha value is -2.35. The molecule has 2 heterocycles. The number of hydrogen-bond acceptors (Lipinski definition) is 6. The standard InChI is InChI=1S/C19H24N2O5S/c1-13-18(14(2)26-20-13)11-25-17-6-4-15(5-7-17)10-19(22)21(3)16-8-9-27(23,24)12-16/h4-7,16H,8-12H2,1-3H3. The highest BCUT2D eigenvalue weighted by atomic mass is 32.2. The second-order valence-electron chi connectivity index (χ2n) is 6.97. The van der Waals surface area contributed by atoms with E-state index in [4.69, 9.17) is 9.26 Å². The van der Waals surface area contributed by atoms with E-state index in [1.54, 1.807) is 11.9 Å². The molecule has 1 aromatic heterocycles. The van der Waals surface area contributed by atoms with Gasteiger partial charge in [-0.3, -0.25) is 4.79 Å². The fourth-order valence-corrected chi connectivity index (χ4v) is 4.93. The van der Waals surface area contributed by atoms with Crippen LogP contribution in [0.4, 0.5) is 0 Å². The monoisotopic (exact) mass is 392 g/mol. The van der Waals surface area contributed by atoms with Gasteiger partial charge in [-0.25, -0.2) is 8.42 Å². The maximum atomic E-state index is 12.4. The molecular weight excluding hydrogens is 368 g/mol. The fourth-order valence-electron chi connectivity index (χ4n) is 3.15. The number of sulfone groups is 1. The summed E-state index contributed by atoms with van der Waals surface area (Å²) in [6.07, 6.45) is 0.746. The van der Waals surface area contributed by atoms with Crippen LogP contribution >= 0.6 is 0 Å². The van der Waals surface area contributed by atoms with Crippen molar-refractivity contribution in [2.75, 3.05) is 18.6 Å². The van der Waals surface area contributed by atoms with Crippen molar-refractivity contribution in [3.8, 4) is 5.75 Å². The highest BCUT2D eigenvalue weighted by Crippen LogP contribution is 2.20. The molecule has 2 aromatic rings. The molecule has 0 saturated carbocycles. The van der Waals surface area contributed by atoms with Crippen molar-refractivity contribution < 1.29 is 22.5 Å².